The summed E-state index contributed by atoms with van der Waals surface area (Å²) in [6.07, 6.45) is -4.42. The summed E-state index contributed by atoms with van der Waals surface area (Å²) in [7, 11) is 4.80. The number of hydrogen-bond acceptors (Lipinski definition) is 4. The van der Waals surface area contributed by atoms with Crippen LogP contribution in [0.1, 0.15) is 11.1 Å². The topological polar surface area (TPSA) is 32.8 Å². The molecule has 1 aliphatic heterocycles. The van der Waals surface area contributed by atoms with Crippen LogP contribution in [0.4, 0.5) is 24.5 Å². The molecule has 0 aromatic heterocycles. The highest BCUT2D eigenvalue weighted by Crippen LogP contribution is 2.37. The second-order valence-corrected chi connectivity index (χ2v) is 7.34. The van der Waals surface area contributed by atoms with Crippen molar-refractivity contribution in [1.82, 2.24) is 0 Å². The van der Waals surface area contributed by atoms with Gasteiger partial charge in [0.15, 0.2) is 0 Å². The number of ether oxygens (including phenoxy) is 1. The van der Waals surface area contributed by atoms with E-state index in [1.165, 1.54) is 13.2 Å². The summed E-state index contributed by atoms with van der Waals surface area (Å²) in [6.45, 7) is 2.99. The number of aryl methyl sites for hydroxylation is 1. The van der Waals surface area contributed by atoms with Crippen LogP contribution in [0, 0.1) is 12.8 Å². The molecule has 0 saturated carbocycles. The highest BCUT2D eigenvalue weighted by molar-refractivity contribution is 5.78. The number of anilines is 2. The third-order valence-corrected chi connectivity index (χ3v) is 4.94. The summed E-state index contributed by atoms with van der Waals surface area (Å²) in [5, 5.41) is 0. The highest BCUT2D eigenvalue weighted by atomic mass is 19.4. The first-order valence-corrected chi connectivity index (χ1v) is 8.93. The highest BCUT2D eigenvalue weighted by Gasteiger charge is 2.34. The van der Waals surface area contributed by atoms with Crippen molar-refractivity contribution in [2.75, 3.05) is 44.1 Å². The van der Waals surface area contributed by atoms with Crippen molar-refractivity contribution < 1.29 is 22.7 Å². The van der Waals surface area contributed by atoms with Crippen molar-refractivity contribution >= 4 is 17.3 Å². The fourth-order valence-electron chi connectivity index (χ4n) is 3.32. The van der Waals surface area contributed by atoms with Crippen molar-refractivity contribution in [3.8, 4) is 11.1 Å². The van der Waals surface area contributed by atoms with Crippen molar-refractivity contribution in [2.45, 2.75) is 13.1 Å². The van der Waals surface area contributed by atoms with Gasteiger partial charge in [-0.15, -0.1) is 0 Å². The molecule has 0 radical (unpaired) electrons. The van der Waals surface area contributed by atoms with Gasteiger partial charge in [-0.05, 0) is 53.9 Å². The molecule has 150 valence electrons. The first-order chi connectivity index (χ1) is 13.1. The molecule has 0 atom stereocenters. The van der Waals surface area contributed by atoms with E-state index < -0.39 is 11.7 Å². The molecular formula is C21H23F3N2O2. The zero-order valence-corrected chi connectivity index (χ0v) is 16.3. The number of halogens is 3. The Morgan fingerprint density at radius 1 is 1.07 bits per heavy atom. The lowest BCUT2D eigenvalue weighted by Crippen LogP contribution is -2.50. The van der Waals surface area contributed by atoms with E-state index in [4.69, 9.17) is 4.74 Å². The van der Waals surface area contributed by atoms with Crippen LogP contribution in [0.15, 0.2) is 36.4 Å². The zero-order chi connectivity index (χ0) is 20.6. The standard InChI is InChI=1S/C21H23F3N2O2/c1-13-5-14(9-19(6-13)26-11-16(12-26)20(27)28-4)15-7-17(21(22,23)24)10-18(8-15)25(2)3/h5-10,16H,11-12H2,1-4H3. The Kier molecular flexibility index (Phi) is 5.28. The second kappa shape index (κ2) is 7.37. The van der Waals surface area contributed by atoms with Gasteiger partial charge < -0.3 is 14.5 Å². The Bertz CT molecular complexity index is 888. The van der Waals surface area contributed by atoms with Crippen LogP contribution in [0.25, 0.3) is 11.1 Å². The van der Waals surface area contributed by atoms with Gasteiger partial charge in [0.25, 0.3) is 0 Å². The fraction of sp³-hybridized carbons (Fsp3) is 0.381. The van der Waals surface area contributed by atoms with E-state index in [0.717, 1.165) is 17.3 Å². The van der Waals surface area contributed by atoms with Crippen LogP contribution in [0.3, 0.4) is 0 Å². The fourth-order valence-corrected chi connectivity index (χ4v) is 3.32. The van der Waals surface area contributed by atoms with Crippen molar-refractivity contribution in [3.63, 3.8) is 0 Å². The summed E-state index contributed by atoms with van der Waals surface area (Å²) in [5.74, 6) is -0.402. The summed E-state index contributed by atoms with van der Waals surface area (Å²) in [6, 6.07) is 9.79. The average Bonchev–Trinajstić information content (AvgIpc) is 2.58. The summed E-state index contributed by atoms with van der Waals surface area (Å²) in [5.41, 5.74) is 2.87. The Hall–Kier alpha value is -2.70. The molecule has 1 saturated heterocycles. The van der Waals surface area contributed by atoms with E-state index >= 15 is 0 Å². The lowest BCUT2D eigenvalue weighted by Gasteiger charge is -2.39. The third-order valence-electron chi connectivity index (χ3n) is 4.94. The normalized spacial score (nSPS) is 14.6. The monoisotopic (exact) mass is 392 g/mol. The average molecular weight is 392 g/mol. The van der Waals surface area contributed by atoms with Crippen LogP contribution >= 0.6 is 0 Å². The van der Waals surface area contributed by atoms with Gasteiger partial charge in [0.2, 0.25) is 0 Å². The Balaban J connectivity index is 1.97. The number of alkyl halides is 3. The van der Waals surface area contributed by atoms with E-state index in [1.54, 1.807) is 25.1 Å². The molecule has 0 N–H and O–H groups in total. The van der Waals surface area contributed by atoms with Crippen LogP contribution in [-0.4, -0.2) is 40.3 Å². The van der Waals surface area contributed by atoms with Gasteiger partial charge in [0.1, 0.15) is 0 Å². The summed E-state index contributed by atoms with van der Waals surface area (Å²) < 4.78 is 44.8. The summed E-state index contributed by atoms with van der Waals surface area (Å²) >= 11 is 0. The number of methoxy groups -OCH3 is 1. The molecule has 0 unspecified atom stereocenters. The van der Waals surface area contributed by atoms with Gasteiger partial charge >= 0.3 is 12.1 Å². The van der Waals surface area contributed by atoms with Crippen molar-refractivity contribution in [1.29, 1.82) is 0 Å². The maximum absolute atomic E-state index is 13.4. The molecule has 0 aliphatic carbocycles. The van der Waals surface area contributed by atoms with Gasteiger partial charge in [0, 0.05) is 38.6 Å². The van der Waals surface area contributed by atoms with Crippen molar-refractivity contribution in [3.05, 3.63) is 47.5 Å². The minimum atomic E-state index is -4.42. The van der Waals surface area contributed by atoms with Gasteiger partial charge in [-0.2, -0.15) is 13.2 Å². The molecular weight excluding hydrogens is 369 g/mol. The smallest absolute Gasteiger partial charge is 0.416 e. The Morgan fingerprint density at radius 2 is 1.71 bits per heavy atom. The molecule has 4 nitrogen and oxygen atoms in total. The Morgan fingerprint density at radius 3 is 2.29 bits per heavy atom. The van der Waals surface area contributed by atoms with Crippen LogP contribution in [0.5, 0.6) is 0 Å². The van der Waals surface area contributed by atoms with E-state index in [0.29, 0.717) is 29.9 Å². The first-order valence-electron chi connectivity index (χ1n) is 8.93. The number of carbonyl (C=O) groups is 1. The molecule has 3 rings (SSSR count). The van der Waals surface area contributed by atoms with E-state index in [2.05, 4.69) is 0 Å². The molecule has 7 heteroatoms. The maximum Gasteiger partial charge on any atom is 0.416 e. The predicted molar refractivity (Wildman–Crippen MR) is 104 cm³/mol. The molecule has 0 bridgehead atoms. The third kappa shape index (κ3) is 4.08. The molecule has 1 fully saturated rings. The molecule has 1 heterocycles. The van der Waals surface area contributed by atoms with Gasteiger partial charge in [-0.3, -0.25) is 4.79 Å². The summed E-state index contributed by atoms with van der Waals surface area (Å²) in [4.78, 5) is 15.3. The van der Waals surface area contributed by atoms with Crippen LogP contribution in [-0.2, 0) is 15.7 Å². The molecule has 28 heavy (non-hydrogen) atoms. The van der Waals surface area contributed by atoms with E-state index in [1.807, 2.05) is 30.0 Å². The van der Waals surface area contributed by atoms with Gasteiger partial charge in [-0.25, -0.2) is 0 Å². The SMILES string of the molecule is COC(=O)C1CN(c2cc(C)cc(-c3cc(N(C)C)cc(C(F)(F)F)c3)c2)C1. The lowest BCUT2D eigenvalue weighted by molar-refractivity contribution is -0.146. The van der Waals surface area contributed by atoms with E-state index in [-0.39, 0.29) is 11.9 Å². The zero-order valence-electron chi connectivity index (χ0n) is 16.3. The number of nitrogens with zero attached hydrogens (tertiary/aromatic N) is 2. The number of hydrogen-bond donors (Lipinski definition) is 0. The number of esters is 1. The number of carbonyl (C=O) groups excluding carboxylic acids is 1. The molecule has 0 spiro atoms. The molecule has 0 amide bonds. The van der Waals surface area contributed by atoms with Crippen molar-refractivity contribution in [2.24, 2.45) is 5.92 Å². The second-order valence-electron chi connectivity index (χ2n) is 7.34. The maximum atomic E-state index is 13.4. The minimum absolute atomic E-state index is 0.164. The van der Waals surface area contributed by atoms with E-state index in [9.17, 15) is 18.0 Å². The lowest BCUT2D eigenvalue weighted by atomic mass is 9.95. The van der Waals surface area contributed by atoms with Gasteiger partial charge in [0.05, 0.1) is 18.6 Å². The Labute approximate surface area is 162 Å². The minimum Gasteiger partial charge on any atom is -0.469 e. The first kappa shape index (κ1) is 20.0. The number of rotatable bonds is 4. The molecule has 1 aliphatic rings. The van der Waals surface area contributed by atoms with Gasteiger partial charge in [-0.1, -0.05) is 6.07 Å². The van der Waals surface area contributed by atoms with Crippen LogP contribution in [0.2, 0.25) is 0 Å². The largest absolute Gasteiger partial charge is 0.469 e. The predicted octanol–water partition coefficient (Wildman–Crippen LogP) is 4.36. The quantitative estimate of drug-likeness (QED) is 0.724. The number of benzene rings is 2. The molecule has 2 aromatic carbocycles. The molecule has 2 aromatic rings. The van der Waals surface area contributed by atoms with Crippen LogP contribution < -0.4 is 9.80 Å².